The SMILES string of the molecule is COc1cc(-c2nc(C3CCCN3)no2)ccc1[N+](=O)[O-]. The van der Waals surface area contributed by atoms with Crippen LogP contribution in [0.4, 0.5) is 5.69 Å². The molecular weight excluding hydrogens is 276 g/mol. The Morgan fingerprint density at radius 2 is 2.38 bits per heavy atom. The van der Waals surface area contributed by atoms with Gasteiger partial charge in [0.2, 0.25) is 0 Å². The average Bonchev–Trinajstić information content (AvgIpc) is 3.17. The Hall–Kier alpha value is -2.48. The van der Waals surface area contributed by atoms with Crippen LogP contribution in [0.25, 0.3) is 11.5 Å². The summed E-state index contributed by atoms with van der Waals surface area (Å²) < 4.78 is 10.3. The molecule has 110 valence electrons. The molecule has 1 aliphatic rings. The van der Waals surface area contributed by atoms with Gasteiger partial charge in [-0.15, -0.1) is 0 Å². The molecule has 0 spiro atoms. The summed E-state index contributed by atoms with van der Waals surface area (Å²) in [7, 11) is 1.38. The second-order valence-electron chi connectivity index (χ2n) is 4.75. The van der Waals surface area contributed by atoms with Crippen LogP contribution in [0.5, 0.6) is 5.75 Å². The molecule has 0 aliphatic carbocycles. The highest BCUT2D eigenvalue weighted by Crippen LogP contribution is 2.32. The topological polar surface area (TPSA) is 103 Å². The molecule has 0 amide bonds. The van der Waals surface area contributed by atoms with Crippen LogP contribution in [-0.4, -0.2) is 28.7 Å². The molecular formula is C13H14N4O4. The molecule has 1 aromatic carbocycles. The number of nitro benzene ring substituents is 1. The van der Waals surface area contributed by atoms with Crippen molar-refractivity contribution in [1.29, 1.82) is 0 Å². The highest BCUT2D eigenvalue weighted by molar-refractivity contribution is 5.61. The van der Waals surface area contributed by atoms with E-state index < -0.39 is 4.92 Å². The van der Waals surface area contributed by atoms with Gasteiger partial charge in [-0.05, 0) is 25.5 Å². The Balaban J connectivity index is 1.91. The lowest BCUT2D eigenvalue weighted by Gasteiger charge is -2.03. The van der Waals surface area contributed by atoms with E-state index >= 15 is 0 Å². The molecule has 0 bridgehead atoms. The Morgan fingerprint density at radius 3 is 3.05 bits per heavy atom. The third-order valence-corrected chi connectivity index (χ3v) is 3.44. The van der Waals surface area contributed by atoms with Gasteiger partial charge in [0.15, 0.2) is 11.6 Å². The van der Waals surface area contributed by atoms with E-state index in [1.807, 2.05) is 0 Å². The van der Waals surface area contributed by atoms with E-state index in [1.54, 1.807) is 6.07 Å². The summed E-state index contributed by atoms with van der Waals surface area (Å²) in [6.07, 6.45) is 2.06. The summed E-state index contributed by atoms with van der Waals surface area (Å²) in [6, 6.07) is 4.58. The molecule has 1 fully saturated rings. The van der Waals surface area contributed by atoms with Crippen molar-refractivity contribution in [2.75, 3.05) is 13.7 Å². The molecule has 1 unspecified atom stereocenters. The summed E-state index contributed by atoms with van der Waals surface area (Å²) >= 11 is 0. The van der Waals surface area contributed by atoms with E-state index in [-0.39, 0.29) is 17.5 Å². The van der Waals surface area contributed by atoms with Gasteiger partial charge in [-0.25, -0.2) is 0 Å². The maximum atomic E-state index is 10.9. The number of nitrogens with one attached hydrogen (secondary N) is 1. The molecule has 2 heterocycles. The van der Waals surface area contributed by atoms with Crippen molar-refractivity contribution in [1.82, 2.24) is 15.5 Å². The number of ether oxygens (including phenoxy) is 1. The van der Waals surface area contributed by atoms with E-state index in [0.29, 0.717) is 17.3 Å². The predicted molar refractivity (Wildman–Crippen MR) is 72.9 cm³/mol. The monoisotopic (exact) mass is 290 g/mol. The lowest BCUT2D eigenvalue weighted by molar-refractivity contribution is -0.385. The van der Waals surface area contributed by atoms with Crippen LogP contribution in [0.1, 0.15) is 24.7 Å². The zero-order valence-electron chi connectivity index (χ0n) is 11.4. The predicted octanol–water partition coefficient (Wildman–Crippen LogP) is 2.08. The first-order valence-electron chi connectivity index (χ1n) is 6.59. The minimum Gasteiger partial charge on any atom is -0.490 e. The number of hydrogen-bond donors (Lipinski definition) is 1. The summed E-state index contributed by atoms with van der Waals surface area (Å²) in [5.74, 6) is 1.10. The Bertz CT molecular complexity index is 664. The molecule has 1 atom stereocenters. The molecule has 1 saturated heterocycles. The van der Waals surface area contributed by atoms with Crippen LogP contribution in [0.15, 0.2) is 22.7 Å². The van der Waals surface area contributed by atoms with E-state index in [1.165, 1.54) is 19.2 Å². The third-order valence-electron chi connectivity index (χ3n) is 3.44. The van der Waals surface area contributed by atoms with Crippen molar-refractivity contribution in [3.8, 4) is 17.2 Å². The van der Waals surface area contributed by atoms with Gasteiger partial charge in [0, 0.05) is 17.7 Å². The van der Waals surface area contributed by atoms with Gasteiger partial charge in [0.05, 0.1) is 18.1 Å². The minimum absolute atomic E-state index is 0.0987. The molecule has 8 nitrogen and oxygen atoms in total. The quantitative estimate of drug-likeness (QED) is 0.679. The second-order valence-corrected chi connectivity index (χ2v) is 4.75. The maximum Gasteiger partial charge on any atom is 0.310 e. The van der Waals surface area contributed by atoms with Crippen molar-refractivity contribution < 1.29 is 14.2 Å². The van der Waals surface area contributed by atoms with Gasteiger partial charge in [-0.3, -0.25) is 10.1 Å². The van der Waals surface area contributed by atoms with Gasteiger partial charge in [-0.2, -0.15) is 4.98 Å². The number of aromatic nitrogens is 2. The van der Waals surface area contributed by atoms with Gasteiger partial charge in [0.25, 0.3) is 5.89 Å². The standard InChI is InChI=1S/C13H14N4O4/c1-20-11-7-8(4-5-10(11)17(18)19)13-15-12(16-21-13)9-3-2-6-14-9/h4-5,7,9,14H,2-3,6H2,1H3. The smallest absolute Gasteiger partial charge is 0.310 e. The summed E-state index contributed by atoms with van der Waals surface area (Å²) in [4.78, 5) is 14.7. The number of nitro groups is 1. The molecule has 8 heteroatoms. The molecule has 2 aromatic rings. The summed E-state index contributed by atoms with van der Waals surface area (Å²) in [5.41, 5.74) is 0.493. The number of nitrogens with zero attached hydrogens (tertiary/aromatic N) is 3. The van der Waals surface area contributed by atoms with E-state index in [0.717, 1.165) is 19.4 Å². The largest absolute Gasteiger partial charge is 0.490 e. The number of hydrogen-bond acceptors (Lipinski definition) is 7. The fourth-order valence-electron chi connectivity index (χ4n) is 2.36. The molecule has 21 heavy (non-hydrogen) atoms. The highest BCUT2D eigenvalue weighted by atomic mass is 16.6. The van der Waals surface area contributed by atoms with Crippen LogP contribution in [0.3, 0.4) is 0 Å². The molecule has 1 aliphatic heterocycles. The zero-order chi connectivity index (χ0) is 14.8. The van der Waals surface area contributed by atoms with Crippen molar-refractivity contribution in [3.63, 3.8) is 0 Å². The Kier molecular flexibility index (Phi) is 3.53. The lowest BCUT2D eigenvalue weighted by atomic mass is 10.2. The Morgan fingerprint density at radius 1 is 1.52 bits per heavy atom. The van der Waals surface area contributed by atoms with Crippen molar-refractivity contribution in [2.45, 2.75) is 18.9 Å². The third kappa shape index (κ3) is 2.57. The first kappa shape index (κ1) is 13.5. The molecule has 3 rings (SSSR count). The molecule has 1 aromatic heterocycles. The van der Waals surface area contributed by atoms with Gasteiger partial charge < -0.3 is 14.6 Å². The van der Waals surface area contributed by atoms with Crippen LogP contribution >= 0.6 is 0 Å². The van der Waals surface area contributed by atoms with E-state index in [2.05, 4.69) is 15.5 Å². The fraction of sp³-hybridized carbons (Fsp3) is 0.385. The zero-order valence-corrected chi connectivity index (χ0v) is 11.4. The minimum atomic E-state index is -0.496. The average molecular weight is 290 g/mol. The van der Waals surface area contributed by atoms with Crippen molar-refractivity contribution >= 4 is 5.69 Å². The van der Waals surface area contributed by atoms with Crippen LogP contribution < -0.4 is 10.1 Å². The number of benzene rings is 1. The second kappa shape index (κ2) is 5.49. The van der Waals surface area contributed by atoms with Gasteiger partial charge >= 0.3 is 5.69 Å². The summed E-state index contributed by atoms with van der Waals surface area (Å²) in [6.45, 7) is 0.944. The lowest BCUT2D eigenvalue weighted by Crippen LogP contribution is -2.14. The van der Waals surface area contributed by atoms with Crippen LogP contribution in [0.2, 0.25) is 0 Å². The number of rotatable bonds is 4. The first-order chi connectivity index (χ1) is 10.2. The fourth-order valence-corrected chi connectivity index (χ4v) is 2.36. The van der Waals surface area contributed by atoms with Gasteiger partial charge in [-0.1, -0.05) is 5.16 Å². The first-order valence-corrected chi connectivity index (χ1v) is 6.59. The highest BCUT2D eigenvalue weighted by Gasteiger charge is 2.23. The normalized spacial score (nSPS) is 17.9. The van der Waals surface area contributed by atoms with Gasteiger partial charge in [0.1, 0.15) is 0 Å². The number of methoxy groups -OCH3 is 1. The molecule has 0 saturated carbocycles. The van der Waals surface area contributed by atoms with Crippen LogP contribution in [0, 0.1) is 10.1 Å². The molecule has 0 radical (unpaired) electrons. The van der Waals surface area contributed by atoms with Crippen molar-refractivity contribution in [2.24, 2.45) is 0 Å². The van der Waals surface area contributed by atoms with Crippen LogP contribution in [-0.2, 0) is 0 Å². The Labute approximate surface area is 120 Å². The van der Waals surface area contributed by atoms with E-state index in [9.17, 15) is 10.1 Å². The summed E-state index contributed by atoms with van der Waals surface area (Å²) in [5, 5.41) is 18.1. The van der Waals surface area contributed by atoms with Crippen molar-refractivity contribution in [3.05, 3.63) is 34.1 Å². The van der Waals surface area contributed by atoms with E-state index in [4.69, 9.17) is 9.26 Å². The molecule has 1 N–H and O–H groups in total. The maximum absolute atomic E-state index is 10.9.